The van der Waals surface area contributed by atoms with Gasteiger partial charge in [0.25, 0.3) is 11.8 Å². The number of nitrogens with zero attached hydrogens (tertiary/aromatic N) is 5. The number of amides is 3. The molecule has 3 fully saturated rings. The highest BCUT2D eigenvalue weighted by Crippen LogP contribution is 2.41. The Morgan fingerprint density at radius 2 is 1.98 bits per heavy atom. The van der Waals surface area contributed by atoms with E-state index < -0.39 is 49.0 Å². The fourth-order valence-corrected chi connectivity index (χ4v) is 5.56. The highest BCUT2D eigenvalue weighted by molar-refractivity contribution is 5.95. The van der Waals surface area contributed by atoms with Gasteiger partial charge in [0.05, 0.1) is 61.7 Å². The van der Waals surface area contributed by atoms with Crippen molar-refractivity contribution < 1.29 is 36.4 Å². The Hall–Kier alpha value is -3.75. The van der Waals surface area contributed by atoms with E-state index >= 15 is 0 Å². The van der Waals surface area contributed by atoms with Crippen molar-refractivity contribution >= 4 is 17.6 Å². The Balaban J connectivity index is 1.31. The Kier molecular flexibility index (Phi) is 7.31. The lowest BCUT2D eigenvalue weighted by molar-refractivity contribution is -0.0542. The van der Waals surface area contributed by atoms with Gasteiger partial charge in [-0.3, -0.25) is 4.79 Å². The minimum atomic E-state index is -3.12. The molecule has 2 N–H and O–H groups in total. The number of urea groups is 1. The highest BCUT2D eigenvalue weighted by atomic mass is 19.3. The summed E-state index contributed by atoms with van der Waals surface area (Å²) in [6.45, 7) is 0.110. The molecule has 4 heterocycles. The van der Waals surface area contributed by atoms with Crippen LogP contribution in [0.1, 0.15) is 77.9 Å². The maximum Gasteiger partial charge on any atom is 0.318 e. The Morgan fingerprint density at radius 3 is 2.67 bits per heavy atom. The summed E-state index contributed by atoms with van der Waals surface area (Å²) in [6, 6.07) is -0.555. The molecule has 3 aliphatic rings. The van der Waals surface area contributed by atoms with Gasteiger partial charge in [-0.25, -0.2) is 31.9 Å². The number of imidazole rings is 1. The lowest BCUT2D eigenvalue weighted by Gasteiger charge is -2.38. The number of carbonyl (C=O) groups is 2. The number of hydrogen-bond donors (Lipinski definition) is 2. The third kappa shape index (κ3) is 6.05. The van der Waals surface area contributed by atoms with Gasteiger partial charge in [0.2, 0.25) is 5.92 Å². The normalized spacial score (nSPS) is 22.1. The maximum absolute atomic E-state index is 14.3. The molecule has 226 valence electrons. The van der Waals surface area contributed by atoms with Crippen molar-refractivity contribution in [1.29, 1.82) is 0 Å². The summed E-state index contributed by atoms with van der Waals surface area (Å²) in [5, 5.41) is 13.3. The zero-order valence-corrected chi connectivity index (χ0v) is 22.9. The second-order valence-electron chi connectivity index (χ2n) is 11.4. The number of aromatic nitrogens is 4. The van der Waals surface area contributed by atoms with Crippen LogP contribution >= 0.6 is 0 Å². The van der Waals surface area contributed by atoms with Gasteiger partial charge in [-0.2, -0.15) is 5.10 Å². The zero-order valence-electron chi connectivity index (χ0n) is 22.9. The standard InChI is InChI=1S/C27H31F4N7O4/c1-15-19(11-42-36-15)24(39)35-23(16-4-6-26(28,29)7-5-16)20-10-38-22(34-20)8-17(9-33-38)21(12-41-18-2-3-18)37-14-27(30,31)13-32-25(37)40/h8-11,16,18,21,23H,2-7,12-14H2,1H3,(H,32,40)(H,35,39). The van der Waals surface area contributed by atoms with Gasteiger partial charge in [-0.05, 0) is 44.6 Å². The Morgan fingerprint density at radius 1 is 1.21 bits per heavy atom. The molecule has 11 nitrogen and oxygen atoms in total. The lowest BCUT2D eigenvalue weighted by Crippen LogP contribution is -2.58. The molecule has 3 aromatic heterocycles. The molecule has 2 saturated carbocycles. The summed E-state index contributed by atoms with van der Waals surface area (Å²) in [4.78, 5) is 31.5. The summed E-state index contributed by atoms with van der Waals surface area (Å²) in [7, 11) is 0. The van der Waals surface area contributed by atoms with Gasteiger partial charge in [0.15, 0.2) is 5.65 Å². The number of alkyl halides is 4. The first-order valence-corrected chi connectivity index (χ1v) is 14.0. The minimum absolute atomic E-state index is 0.00659. The molecule has 0 aromatic carbocycles. The van der Waals surface area contributed by atoms with E-state index in [2.05, 4.69) is 25.9 Å². The van der Waals surface area contributed by atoms with E-state index in [9.17, 15) is 27.2 Å². The second kappa shape index (κ2) is 10.8. The Labute approximate surface area is 237 Å². The van der Waals surface area contributed by atoms with Gasteiger partial charge < -0.3 is 24.8 Å². The van der Waals surface area contributed by atoms with Crippen molar-refractivity contribution in [2.45, 2.75) is 75.5 Å². The lowest BCUT2D eigenvalue weighted by atomic mass is 9.81. The Bertz CT molecular complexity index is 1460. The van der Waals surface area contributed by atoms with Gasteiger partial charge in [-0.15, -0.1) is 0 Å². The second-order valence-corrected chi connectivity index (χ2v) is 11.4. The number of fused-ring (bicyclic) bond motifs is 1. The molecule has 3 amide bonds. The molecule has 0 spiro atoms. The van der Waals surface area contributed by atoms with Gasteiger partial charge in [0.1, 0.15) is 11.8 Å². The SMILES string of the molecule is Cc1nocc1C(=O)NC(c1cn2ncc(C(COC3CC3)N3CC(F)(F)CNC3=O)cc2n1)C1CCC(F)(F)CC1. The largest absolute Gasteiger partial charge is 0.376 e. The van der Waals surface area contributed by atoms with E-state index in [1.54, 1.807) is 19.2 Å². The molecule has 1 aliphatic heterocycles. The number of hydrogen-bond acceptors (Lipinski definition) is 7. The number of ether oxygens (including phenoxy) is 1. The van der Waals surface area contributed by atoms with E-state index in [0.717, 1.165) is 17.7 Å². The van der Waals surface area contributed by atoms with Crippen molar-refractivity contribution in [2.24, 2.45) is 5.92 Å². The monoisotopic (exact) mass is 593 g/mol. The highest BCUT2D eigenvalue weighted by Gasteiger charge is 2.43. The summed E-state index contributed by atoms with van der Waals surface area (Å²) in [5.74, 6) is -6.68. The van der Waals surface area contributed by atoms with Crippen LogP contribution in [-0.2, 0) is 4.74 Å². The topological polar surface area (TPSA) is 127 Å². The van der Waals surface area contributed by atoms with Crippen LogP contribution in [0.4, 0.5) is 22.4 Å². The summed E-state index contributed by atoms with van der Waals surface area (Å²) >= 11 is 0. The van der Waals surface area contributed by atoms with E-state index in [1.165, 1.54) is 17.0 Å². The van der Waals surface area contributed by atoms with Crippen LogP contribution in [0.3, 0.4) is 0 Å². The molecule has 3 aromatic rings. The van der Waals surface area contributed by atoms with E-state index in [4.69, 9.17) is 9.26 Å². The molecular formula is C27H31F4N7O4. The van der Waals surface area contributed by atoms with Crippen molar-refractivity contribution in [2.75, 3.05) is 19.7 Å². The first-order valence-electron chi connectivity index (χ1n) is 14.0. The van der Waals surface area contributed by atoms with Crippen LogP contribution in [0.15, 0.2) is 29.2 Å². The molecule has 2 atom stereocenters. The van der Waals surface area contributed by atoms with Crippen LogP contribution in [0.2, 0.25) is 0 Å². The third-order valence-corrected chi connectivity index (χ3v) is 8.13. The first kappa shape index (κ1) is 28.4. The molecule has 0 radical (unpaired) electrons. The van der Waals surface area contributed by atoms with Crippen LogP contribution in [0, 0.1) is 12.8 Å². The van der Waals surface area contributed by atoms with Crippen LogP contribution in [0.25, 0.3) is 5.65 Å². The van der Waals surface area contributed by atoms with E-state index in [0.29, 0.717) is 22.6 Å². The zero-order chi connectivity index (χ0) is 29.6. The third-order valence-electron chi connectivity index (χ3n) is 8.13. The fourth-order valence-electron chi connectivity index (χ4n) is 5.56. The minimum Gasteiger partial charge on any atom is -0.376 e. The van der Waals surface area contributed by atoms with Gasteiger partial charge in [-0.1, -0.05) is 5.16 Å². The van der Waals surface area contributed by atoms with Crippen molar-refractivity contribution in [3.63, 3.8) is 0 Å². The number of nitrogens with one attached hydrogen (secondary N) is 2. The number of aryl methyl sites for hydroxylation is 1. The molecule has 1 saturated heterocycles. The quantitative estimate of drug-likeness (QED) is 0.356. The molecule has 42 heavy (non-hydrogen) atoms. The van der Waals surface area contributed by atoms with Gasteiger partial charge in [0, 0.05) is 18.4 Å². The fraction of sp³-hybridized carbons (Fsp3) is 0.593. The summed E-state index contributed by atoms with van der Waals surface area (Å²) in [5.41, 5.74) is 1.80. The first-order chi connectivity index (χ1) is 20.0. The van der Waals surface area contributed by atoms with Crippen molar-refractivity contribution in [1.82, 2.24) is 35.3 Å². The summed E-state index contributed by atoms with van der Waals surface area (Å²) in [6.07, 6.45) is 5.78. The van der Waals surface area contributed by atoms with E-state index in [1.807, 2.05) is 0 Å². The van der Waals surface area contributed by atoms with Crippen molar-refractivity contribution in [3.8, 4) is 0 Å². The average molecular weight is 594 g/mol. The smallest absolute Gasteiger partial charge is 0.318 e. The molecule has 15 heteroatoms. The van der Waals surface area contributed by atoms with Gasteiger partial charge >= 0.3 is 6.03 Å². The van der Waals surface area contributed by atoms with Crippen LogP contribution in [-0.4, -0.2) is 74.2 Å². The predicted octanol–water partition coefficient (Wildman–Crippen LogP) is 4.20. The number of carbonyl (C=O) groups excluding carboxylic acids is 2. The number of halogens is 4. The van der Waals surface area contributed by atoms with Crippen LogP contribution < -0.4 is 10.6 Å². The maximum atomic E-state index is 14.3. The van der Waals surface area contributed by atoms with Crippen LogP contribution in [0.5, 0.6) is 0 Å². The molecule has 2 aliphatic carbocycles. The molecule has 0 bridgehead atoms. The predicted molar refractivity (Wildman–Crippen MR) is 138 cm³/mol. The van der Waals surface area contributed by atoms with Crippen molar-refractivity contribution in [3.05, 3.63) is 47.2 Å². The number of rotatable bonds is 9. The molecular weight excluding hydrogens is 562 g/mol. The average Bonchev–Trinajstić information content (AvgIpc) is 3.51. The molecule has 6 rings (SSSR count). The molecule has 2 unspecified atom stereocenters. The summed E-state index contributed by atoms with van der Waals surface area (Å²) < 4.78 is 68.8. The van der Waals surface area contributed by atoms with E-state index in [-0.39, 0.29) is 49.9 Å².